The van der Waals surface area contributed by atoms with Crippen LogP contribution in [0.25, 0.3) is 0 Å². The minimum atomic E-state index is 0.183. The monoisotopic (exact) mass is 314 g/mol. The number of carbonyl (C=O) groups excluding carboxylic acids is 1. The van der Waals surface area contributed by atoms with Crippen molar-refractivity contribution in [1.82, 2.24) is 10.2 Å². The highest BCUT2D eigenvalue weighted by Gasteiger charge is 2.37. The van der Waals surface area contributed by atoms with Gasteiger partial charge in [-0.05, 0) is 52.7 Å². The van der Waals surface area contributed by atoms with Crippen molar-refractivity contribution < 1.29 is 4.79 Å². The fourth-order valence-electron chi connectivity index (χ4n) is 2.80. The summed E-state index contributed by atoms with van der Waals surface area (Å²) in [6, 6.07) is 2.46. The van der Waals surface area contributed by atoms with Crippen molar-refractivity contribution in [3.05, 3.63) is 20.8 Å². The zero-order chi connectivity index (χ0) is 11.8. The molecule has 0 bridgehead atoms. The quantitative estimate of drug-likeness (QED) is 0.863. The predicted octanol–water partition coefficient (Wildman–Crippen LogP) is 2.33. The van der Waals surface area contributed by atoms with Gasteiger partial charge in [0.2, 0.25) is 0 Å². The van der Waals surface area contributed by atoms with E-state index in [1.807, 2.05) is 16.3 Å². The fraction of sp³-hybridized carbons (Fsp3) is 0.583. The lowest BCUT2D eigenvalue weighted by atomic mass is 9.94. The summed E-state index contributed by atoms with van der Waals surface area (Å²) in [5, 5.41) is 5.48. The van der Waals surface area contributed by atoms with Crippen molar-refractivity contribution in [1.29, 1.82) is 0 Å². The molecule has 0 aromatic carbocycles. The van der Waals surface area contributed by atoms with Crippen LogP contribution in [0.4, 0.5) is 0 Å². The van der Waals surface area contributed by atoms with Crippen LogP contribution < -0.4 is 5.32 Å². The second-order valence-electron chi connectivity index (χ2n) is 4.77. The van der Waals surface area contributed by atoms with E-state index in [0.717, 1.165) is 29.0 Å². The molecule has 2 fully saturated rings. The van der Waals surface area contributed by atoms with E-state index in [-0.39, 0.29) is 5.91 Å². The maximum atomic E-state index is 12.4. The Balaban J connectivity index is 1.74. The molecule has 0 spiro atoms. The lowest BCUT2D eigenvalue weighted by Gasteiger charge is -2.24. The highest BCUT2D eigenvalue weighted by molar-refractivity contribution is 9.10. The van der Waals surface area contributed by atoms with Crippen LogP contribution in [0, 0.1) is 5.92 Å². The summed E-state index contributed by atoms with van der Waals surface area (Å²) >= 11 is 4.96. The Hall–Kier alpha value is -0.390. The van der Waals surface area contributed by atoms with Gasteiger partial charge in [-0.2, -0.15) is 0 Å². The van der Waals surface area contributed by atoms with E-state index in [1.165, 1.54) is 24.2 Å². The standard InChI is InChI=1S/C12H15BrN2OS/c13-9-3-5-17-11(9)12(16)15-6-8-2-1-4-14-10(8)7-15/h3,5,8,10,14H,1-2,4,6-7H2. The van der Waals surface area contributed by atoms with Crippen LogP contribution in [-0.4, -0.2) is 36.5 Å². The van der Waals surface area contributed by atoms with Gasteiger partial charge in [-0.1, -0.05) is 0 Å². The van der Waals surface area contributed by atoms with Crippen LogP contribution in [0.3, 0.4) is 0 Å². The van der Waals surface area contributed by atoms with Crippen LogP contribution in [0.5, 0.6) is 0 Å². The third kappa shape index (κ3) is 2.16. The van der Waals surface area contributed by atoms with E-state index in [0.29, 0.717) is 12.0 Å². The van der Waals surface area contributed by atoms with Crippen molar-refractivity contribution in [2.75, 3.05) is 19.6 Å². The molecule has 1 N–H and O–H groups in total. The van der Waals surface area contributed by atoms with Crippen molar-refractivity contribution in [3.63, 3.8) is 0 Å². The number of piperidine rings is 1. The number of rotatable bonds is 1. The first-order valence-electron chi connectivity index (χ1n) is 6.01. The van der Waals surface area contributed by atoms with Gasteiger partial charge >= 0.3 is 0 Å². The van der Waals surface area contributed by atoms with E-state index in [9.17, 15) is 4.79 Å². The molecule has 92 valence electrons. The molecule has 0 radical (unpaired) electrons. The Kier molecular flexibility index (Phi) is 3.23. The highest BCUT2D eigenvalue weighted by atomic mass is 79.9. The smallest absolute Gasteiger partial charge is 0.265 e. The average Bonchev–Trinajstić information content (AvgIpc) is 2.93. The first-order valence-corrected chi connectivity index (χ1v) is 7.68. The molecule has 3 rings (SSSR count). The minimum Gasteiger partial charge on any atom is -0.336 e. The lowest BCUT2D eigenvalue weighted by molar-refractivity contribution is 0.0789. The molecule has 1 aromatic rings. The number of likely N-dealkylation sites (tertiary alicyclic amines) is 1. The van der Waals surface area contributed by atoms with Gasteiger partial charge in [0.25, 0.3) is 5.91 Å². The third-order valence-corrected chi connectivity index (χ3v) is 5.52. The van der Waals surface area contributed by atoms with Gasteiger partial charge in [0.05, 0.1) is 0 Å². The molecule has 17 heavy (non-hydrogen) atoms. The number of fused-ring (bicyclic) bond motifs is 1. The molecule has 1 aromatic heterocycles. The molecule has 2 aliphatic rings. The summed E-state index contributed by atoms with van der Waals surface area (Å²) in [5.74, 6) is 0.842. The number of nitrogens with zero attached hydrogens (tertiary/aromatic N) is 1. The lowest BCUT2D eigenvalue weighted by Crippen LogP contribution is -2.41. The molecular formula is C12H15BrN2OS. The Labute approximate surface area is 113 Å². The highest BCUT2D eigenvalue weighted by Crippen LogP contribution is 2.29. The normalized spacial score (nSPS) is 28.2. The van der Waals surface area contributed by atoms with Gasteiger partial charge in [0.15, 0.2) is 0 Å². The fourth-order valence-corrected chi connectivity index (χ4v) is 4.31. The van der Waals surface area contributed by atoms with Crippen LogP contribution in [0.1, 0.15) is 22.5 Å². The molecule has 5 heteroatoms. The number of hydrogen-bond acceptors (Lipinski definition) is 3. The van der Waals surface area contributed by atoms with E-state index in [2.05, 4.69) is 21.2 Å². The van der Waals surface area contributed by atoms with Gasteiger partial charge in [-0.15, -0.1) is 11.3 Å². The Morgan fingerprint density at radius 2 is 2.41 bits per heavy atom. The topological polar surface area (TPSA) is 32.3 Å². The summed E-state index contributed by atoms with van der Waals surface area (Å²) in [4.78, 5) is 15.2. The third-order valence-electron chi connectivity index (χ3n) is 3.70. The second kappa shape index (κ2) is 4.71. The zero-order valence-electron chi connectivity index (χ0n) is 9.49. The van der Waals surface area contributed by atoms with Crippen LogP contribution in [0.2, 0.25) is 0 Å². The van der Waals surface area contributed by atoms with Crippen LogP contribution >= 0.6 is 27.3 Å². The minimum absolute atomic E-state index is 0.183. The van der Waals surface area contributed by atoms with Crippen LogP contribution in [0.15, 0.2) is 15.9 Å². The summed E-state index contributed by atoms with van der Waals surface area (Å²) in [7, 11) is 0. The molecule has 2 saturated heterocycles. The molecular weight excluding hydrogens is 300 g/mol. The van der Waals surface area contributed by atoms with Gasteiger partial charge < -0.3 is 10.2 Å². The molecule has 2 unspecified atom stereocenters. The molecule has 2 aliphatic heterocycles. The first-order chi connectivity index (χ1) is 8.25. The SMILES string of the molecule is O=C(c1sccc1Br)N1CC2CCCNC2C1. The van der Waals surface area contributed by atoms with E-state index in [4.69, 9.17) is 0 Å². The summed E-state index contributed by atoms with van der Waals surface area (Å²) in [6.45, 7) is 2.89. The van der Waals surface area contributed by atoms with Gasteiger partial charge in [0.1, 0.15) is 4.88 Å². The van der Waals surface area contributed by atoms with E-state index >= 15 is 0 Å². The van der Waals surface area contributed by atoms with Crippen molar-refractivity contribution >= 4 is 33.2 Å². The predicted molar refractivity (Wildman–Crippen MR) is 72.4 cm³/mol. The molecule has 0 aliphatic carbocycles. The summed E-state index contributed by atoms with van der Waals surface area (Å²) in [5.41, 5.74) is 0. The maximum absolute atomic E-state index is 12.4. The Morgan fingerprint density at radius 3 is 3.12 bits per heavy atom. The number of thiophene rings is 1. The van der Waals surface area contributed by atoms with Crippen molar-refractivity contribution in [2.24, 2.45) is 5.92 Å². The molecule has 3 heterocycles. The Morgan fingerprint density at radius 1 is 1.53 bits per heavy atom. The summed E-state index contributed by atoms with van der Waals surface area (Å²) < 4.78 is 0.926. The number of carbonyl (C=O) groups is 1. The molecule has 1 amide bonds. The number of halogens is 1. The molecule has 2 atom stereocenters. The largest absolute Gasteiger partial charge is 0.336 e. The van der Waals surface area contributed by atoms with Crippen LogP contribution in [-0.2, 0) is 0 Å². The van der Waals surface area contributed by atoms with Gasteiger partial charge in [0, 0.05) is 23.6 Å². The number of nitrogens with one attached hydrogen (secondary N) is 1. The number of hydrogen-bond donors (Lipinski definition) is 1. The first kappa shape index (κ1) is 11.7. The van der Waals surface area contributed by atoms with E-state index < -0.39 is 0 Å². The number of amides is 1. The average molecular weight is 315 g/mol. The van der Waals surface area contributed by atoms with Crippen molar-refractivity contribution in [2.45, 2.75) is 18.9 Å². The van der Waals surface area contributed by atoms with Crippen molar-refractivity contribution in [3.8, 4) is 0 Å². The maximum Gasteiger partial charge on any atom is 0.265 e. The second-order valence-corrected chi connectivity index (χ2v) is 6.54. The van der Waals surface area contributed by atoms with E-state index in [1.54, 1.807) is 0 Å². The van der Waals surface area contributed by atoms with Gasteiger partial charge in [-0.25, -0.2) is 0 Å². The molecule has 3 nitrogen and oxygen atoms in total. The molecule has 0 saturated carbocycles. The zero-order valence-corrected chi connectivity index (χ0v) is 11.9. The summed E-state index contributed by atoms with van der Waals surface area (Å²) in [6.07, 6.45) is 2.50. The van der Waals surface area contributed by atoms with Gasteiger partial charge in [-0.3, -0.25) is 4.79 Å². The Bertz CT molecular complexity index is 420.